The highest BCUT2D eigenvalue weighted by Gasteiger charge is 2.37. The summed E-state index contributed by atoms with van der Waals surface area (Å²) in [7, 11) is 0. The first-order chi connectivity index (χ1) is 17.3. The average molecular weight is 447 g/mol. The van der Waals surface area contributed by atoms with Crippen molar-refractivity contribution < 1.29 is 0 Å². The molecule has 0 radical (unpaired) electrons. The highest BCUT2D eigenvalue weighted by Crippen LogP contribution is 2.55. The first-order valence-electron chi connectivity index (χ1n) is 12.6. The summed E-state index contributed by atoms with van der Waals surface area (Å²) in [4.78, 5) is 7.00. The van der Waals surface area contributed by atoms with E-state index in [4.69, 9.17) is 0 Å². The predicted octanol–water partition coefficient (Wildman–Crippen LogP) is 7.50. The summed E-state index contributed by atoms with van der Waals surface area (Å²) >= 11 is 0. The molecule has 0 spiro atoms. The number of benzene rings is 4. The smallest absolute Gasteiger partial charge is 0.0535 e. The molecule has 0 N–H and O–H groups in total. The summed E-state index contributed by atoms with van der Waals surface area (Å²) in [5, 5.41) is 0. The van der Waals surface area contributed by atoms with Crippen LogP contribution in [-0.2, 0) is 25.7 Å². The van der Waals surface area contributed by atoms with E-state index in [0.29, 0.717) is 0 Å². The Bertz CT molecular complexity index is 1750. The molecular formula is C33H22N2. The van der Waals surface area contributed by atoms with Crippen LogP contribution in [0.1, 0.15) is 44.5 Å². The molecule has 2 aliphatic heterocycles. The van der Waals surface area contributed by atoms with E-state index in [1.54, 1.807) is 16.7 Å². The second-order valence-electron chi connectivity index (χ2n) is 10.3. The van der Waals surface area contributed by atoms with Crippen LogP contribution in [0.4, 0.5) is 17.1 Å². The van der Waals surface area contributed by atoms with Crippen LogP contribution in [-0.4, -0.2) is 4.98 Å². The van der Waals surface area contributed by atoms with Crippen molar-refractivity contribution in [3.63, 3.8) is 0 Å². The van der Waals surface area contributed by atoms with Crippen LogP contribution >= 0.6 is 0 Å². The lowest BCUT2D eigenvalue weighted by molar-refractivity contribution is 0.984. The predicted molar refractivity (Wildman–Crippen MR) is 141 cm³/mol. The van der Waals surface area contributed by atoms with Gasteiger partial charge in [-0.25, -0.2) is 0 Å². The number of anilines is 3. The first-order valence-corrected chi connectivity index (χ1v) is 12.6. The van der Waals surface area contributed by atoms with Crippen LogP contribution in [0.2, 0.25) is 0 Å². The van der Waals surface area contributed by atoms with E-state index in [1.165, 1.54) is 67.1 Å². The zero-order valence-electron chi connectivity index (χ0n) is 19.3. The van der Waals surface area contributed by atoms with Gasteiger partial charge in [0.1, 0.15) is 0 Å². The van der Waals surface area contributed by atoms with Gasteiger partial charge >= 0.3 is 0 Å². The quantitative estimate of drug-likeness (QED) is 0.240. The van der Waals surface area contributed by atoms with E-state index < -0.39 is 0 Å². The zero-order chi connectivity index (χ0) is 22.7. The number of hydrogen-bond donors (Lipinski definition) is 0. The van der Waals surface area contributed by atoms with E-state index in [0.717, 1.165) is 25.7 Å². The molecule has 0 unspecified atom stereocenters. The summed E-state index contributed by atoms with van der Waals surface area (Å²) < 4.78 is 0. The molecule has 3 heterocycles. The lowest BCUT2D eigenvalue weighted by atomic mass is 9.83. The maximum absolute atomic E-state index is 4.48. The maximum atomic E-state index is 4.48. The number of hydrogen-bond acceptors (Lipinski definition) is 2. The summed E-state index contributed by atoms with van der Waals surface area (Å²) in [6, 6.07) is 27.4. The van der Waals surface area contributed by atoms with Gasteiger partial charge in [-0.3, -0.25) is 4.98 Å². The molecule has 2 aliphatic carbocycles. The minimum absolute atomic E-state index is 0.948. The second-order valence-corrected chi connectivity index (χ2v) is 10.3. The van der Waals surface area contributed by atoms with Gasteiger partial charge in [-0.05, 0) is 97.8 Å². The Morgan fingerprint density at radius 1 is 0.514 bits per heavy atom. The van der Waals surface area contributed by atoms with E-state index in [9.17, 15) is 0 Å². The molecule has 35 heavy (non-hydrogen) atoms. The average Bonchev–Trinajstić information content (AvgIpc) is 3.47. The molecule has 2 nitrogen and oxygen atoms in total. The number of rotatable bonds is 0. The monoisotopic (exact) mass is 446 g/mol. The first kappa shape index (κ1) is 18.2. The van der Waals surface area contributed by atoms with Gasteiger partial charge in [0.15, 0.2) is 0 Å². The number of aromatic nitrogens is 1. The molecule has 0 bridgehead atoms. The minimum Gasteiger partial charge on any atom is -0.309 e. The van der Waals surface area contributed by atoms with Crippen molar-refractivity contribution in [2.24, 2.45) is 0 Å². The van der Waals surface area contributed by atoms with Crippen LogP contribution in [0.5, 0.6) is 0 Å². The molecule has 2 heteroatoms. The third-order valence-electron chi connectivity index (χ3n) is 8.67. The van der Waals surface area contributed by atoms with E-state index in [2.05, 4.69) is 88.9 Å². The Morgan fingerprint density at radius 2 is 1.23 bits per heavy atom. The highest BCUT2D eigenvalue weighted by atomic mass is 15.2. The summed E-state index contributed by atoms with van der Waals surface area (Å²) in [5.41, 5.74) is 21.6. The molecule has 0 fully saturated rings. The third-order valence-corrected chi connectivity index (χ3v) is 8.67. The molecule has 1 aromatic heterocycles. The van der Waals surface area contributed by atoms with Crippen molar-refractivity contribution in [1.82, 2.24) is 4.98 Å². The molecular weight excluding hydrogens is 424 g/mol. The number of nitrogens with zero attached hydrogens (tertiary/aromatic N) is 2. The van der Waals surface area contributed by atoms with Crippen molar-refractivity contribution >= 4 is 17.1 Å². The van der Waals surface area contributed by atoms with Crippen LogP contribution in [0.25, 0.3) is 22.3 Å². The summed E-state index contributed by atoms with van der Waals surface area (Å²) in [6.45, 7) is 0. The Morgan fingerprint density at radius 3 is 2.17 bits per heavy atom. The maximum Gasteiger partial charge on any atom is 0.0535 e. The molecule has 5 aromatic rings. The fourth-order valence-corrected chi connectivity index (χ4v) is 7.20. The third kappa shape index (κ3) is 2.23. The van der Waals surface area contributed by atoms with Crippen LogP contribution in [0.3, 0.4) is 0 Å². The summed E-state index contributed by atoms with van der Waals surface area (Å²) in [5.74, 6) is 0. The van der Waals surface area contributed by atoms with Gasteiger partial charge in [-0.1, -0.05) is 54.6 Å². The molecule has 4 aromatic carbocycles. The van der Waals surface area contributed by atoms with Gasteiger partial charge < -0.3 is 4.90 Å². The van der Waals surface area contributed by atoms with Gasteiger partial charge in [0.2, 0.25) is 0 Å². The molecule has 0 saturated carbocycles. The molecule has 0 amide bonds. The molecule has 9 rings (SSSR count). The van der Waals surface area contributed by atoms with Gasteiger partial charge in [-0.2, -0.15) is 0 Å². The fraction of sp³-hybridized carbons (Fsp3) is 0.121. The van der Waals surface area contributed by atoms with E-state index >= 15 is 0 Å². The summed E-state index contributed by atoms with van der Waals surface area (Å²) in [6.07, 6.45) is 8.05. The van der Waals surface area contributed by atoms with Crippen LogP contribution in [0.15, 0.2) is 85.2 Å². The van der Waals surface area contributed by atoms with Crippen molar-refractivity contribution in [3.8, 4) is 22.3 Å². The molecule has 0 saturated heterocycles. The van der Waals surface area contributed by atoms with Crippen LogP contribution < -0.4 is 4.90 Å². The molecule has 0 atom stereocenters. The topological polar surface area (TPSA) is 16.1 Å². The zero-order valence-corrected chi connectivity index (χ0v) is 19.3. The lowest BCUT2D eigenvalue weighted by Gasteiger charge is -2.40. The van der Waals surface area contributed by atoms with Crippen molar-refractivity contribution in [1.29, 1.82) is 0 Å². The largest absolute Gasteiger partial charge is 0.309 e. The number of pyridine rings is 1. The van der Waals surface area contributed by atoms with Crippen molar-refractivity contribution in [3.05, 3.63) is 130 Å². The van der Waals surface area contributed by atoms with Crippen molar-refractivity contribution in [2.45, 2.75) is 25.7 Å². The number of para-hydroxylation sites is 1. The Balaban J connectivity index is 1.30. The van der Waals surface area contributed by atoms with E-state index in [-0.39, 0.29) is 0 Å². The standard InChI is InChI=1S/C33H22N2/c1-3-7-23-19(5-1)14-26-24(23)9-10-25-27-16-21-13-22-18-34-12-11-32(22)35-31-8-4-2-6-20(31)15-30(33(21)35)29(27)17-28(25)26/h1-12,16,18H,13-15,17H2. The van der Waals surface area contributed by atoms with E-state index in [1.807, 2.05) is 6.20 Å². The van der Waals surface area contributed by atoms with Gasteiger partial charge in [0, 0.05) is 30.9 Å². The van der Waals surface area contributed by atoms with Crippen LogP contribution in [0, 0.1) is 0 Å². The Hall–Kier alpha value is -4.17. The lowest BCUT2D eigenvalue weighted by Crippen LogP contribution is -2.25. The normalized spacial score (nSPS) is 14.9. The number of fused-ring (bicyclic) bond motifs is 12. The van der Waals surface area contributed by atoms with Gasteiger partial charge in [-0.15, -0.1) is 0 Å². The fourth-order valence-electron chi connectivity index (χ4n) is 7.20. The Kier molecular flexibility index (Phi) is 3.27. The Labute approximate surface area is 204 Å². The second kappa shape index (κ2) is 6.28. The minimum atomic E-state index is 0.948. The molecule has 4 aliphatic rings. The molecule has 164 valence electrons. The highest BCUT2D eigenvalue weighted by molar-refractivity contribution is 5.95. The SMILES string of the molecule is c1ccc2c(c1)Cc1c-2ccc2c1Cc1c-2cc2c3c1Cc1ccccc1N3c1ccncc1C2. The van der Waals surface area contributed by atoms with Gasteiger partial charge in [0.05, 0.1) is 11.4 Å². The van der Waals surface area contributed by atoms with Gasteiger partial charge in [0.25, 0.3) is 0 Å². The van der Waals surface area contributed by atoms with Crippen molar-refractivity contribution in [2.75, 3.05) is 4.90 Å².